The lowest BCUT2D eigenvalue weighted by Crippen LogP contribution is -2.66. The second-order valence-electron chi connectivity index (χ2n) is 13.9. The third-order valence-corrected chi connectivity index (χ3v) is 10.4. The van der Waals surface area contributed by atoms with E-state index < -0.39 is 130 Å². The molecule has 0 radical (unpaired) electrons. The molecule has 0 spiro atoms. The first-order valence-corrected chi connectivity index (χ1v) is 17.8. The molecule has 18 atom stereocenters. The highest BCUT2D eigenvalue weighted by Crippen LogP contribution is 2.50. The molecule has 22 nitrogen and oxygen atoms in total. The number of aliphatic hydroxyl groups is 11. The van der Waals surface area contributed by atoms with Crippen LogP contribution < -0.4 is 14.2 Å². The molecule has 0 saturated carbocycles. The summed E-state index contributed by atoms with van der Waals surface area (Å²) in [4.78, 5) is 0. The van der Waals surface area contributed by atoms with E-state index in [2.05, 4.69) is 0 Å². The predicted octanol–water partition coefficient (Wildman–Crippen LogP) is -4.88. The number of aliphatic hydroxyl groups excluding tert-OH is 11. The van der Waals surface area contributed by atoms with Gasteiger partial charge in [0.2, 0.25) is 0 Å². The Morgan fingerprint density at radius 2 is 1.04 bits per heavy atom. The van der Waals surface area contributed by atoms with Crippen LogP contribution in [0.4, 0.5) is 0 Å². The fourth-order valence-corrected chi connectivity index (χ4v) is 7.26. The first-order chi connectivity index (χ1) is 27.2. The second-order valence-corrected chi connectivity index (χ2v) is 13.9. The molecule has 0 aliphatic carbocycles. The monoisotopic (exact) mass is 820 g/mol. The van der Waals surface area contributed by atoms with Gasteiger partial charge in [-0.1, -0.05) is 6.07 Å². The molecule has 2 aromatic carbocycles. The van der Waals surface area contributed by atoms with Gasteiger partial charge in [-0.2, -0.15) is 0 Å². The number of phenolic OH excluding ortho intramolecular Hbond substituents is 2. The van der Waals surface area contributed by atoms with E-state index in [4.69, 9.17) is 42.6 Å². The Labute approximate surface area is 323 Å². The maximum Gasteiger partial charge on any atom is 0.187 e. The van der Waals surface area contributed by atoms with E-state index in [1.807, 2.05) is 0 Å². The third-order valence-electron chi connectivity index (χ3n) is 10.4. The minimum absolute atomic E-state index is 0.00155. The smallest absolute Gasteiger partial charge is 0.187 e. The van der Waals surface area contributed by atoms with E-state index in [1.165, 1.54) is 44.6 Å². The molecule has 4 heterocycles. The van der Waals surface area contributed by atoms with E-state index in [-0.39, 0.29) is 39.9 Å². The minimum atomic E-state index is -2.03. The summed E-state index contributed by atoms with van der Waals surface area (Å²) in [5, 5.41) is 138. The number of hydrogen-bond donors (Lipinski definition) is 13. The number of phenols is 2. The van der Waals surface area contributed by atoms with Crippen molar-refractivity contribution in [3.05, 3.63) is 41.5 Å². The van der Waals surface area contributed by atoms with Crippen LogP contribution in [0.25, 0.3) is 0 Å². The predicted molar refractivity (Wildman–Crippen MR) is 182 cm³/mol. The van der Waals surface area contributed by atoms with Crippen LogP contribution in [-0.4, -0.2) is 199 Å². The number of aromatic hydroxyl groups is 2. The topological polar surface area (TPSA) is 346 Å². The molecule has 0 aromatic heterocycles. The fourth-order valence-electron chi connectivity index (χ4n) is 7.26. The highest BCUT2D eigenvalue weighted by Gasteiger charge is 2.55. The number of benzene rings is 2. The summed E-state index contributed by atoms with van der Waals surface area (Å²) >= 11 is 0. The molecule has 4 aliphatic heterocycles. The molecule has 3 unspecified atom stereocenters. The van der Waals surface area contributed by atoms with E-state index in [0.717, 1.165) is 0 Å². The van der Waals surface area contributed by atoms with Gasteiger partial charge in [-0.25, -0.2) is 0 Å². The van der Waals surface area contributed by atoms with Crippen molar-refractivity contribution in [3.8, 4) is 28.7 Å². The maximum absolute atomic E-state index is 11.7. The zero-order chi connectivity index (χ0) is 41.5. The van der Waals surface area contributed by atoms with Crippen LogP contribution >= 0.6 is 0 Å². The van der Waals surface area contributed by atoms with Gasteiger partial charge in [-0.3, -0.25) is 0 Å². The summed E-state index contributed by atoms with van der Waals surface area (Å²) < 4.78 is 50.9. The van der Waals surface area contributed by atoms with Crippen LogP contribution in [0.5, 0.6) is 28.7 Å². The van der Waals surface area contributed by atoms with Crippen molar-refractivity contribution in [3.63, 3.8) is 0 Å². The van der Waals surface area contributed by atoms with Crippen molar-refractivity contribution >= 4 is 0 Å². The highest BCUT2D eigenvalue weighted by atomic mass is 16.8. The zero-order valence-corrected chi connectivity index (χ0v) is 30.4. The molecule has 4 aliphatic rings. The number of ether oxygens (including phenoxy) is 9. The molecule has 6 rings (SSSR count). The molecule has 13 N–H and O–H groups in total. The van der Waals surface area contributed by atoms with Crippen LogP contribution in [0, 0.1) is 0 Å². The number of rotatable bonds is 12. The SMILES string of the molecule is COc1cc(C2Oc3cc(O)cc(OC)c3C(O)C2O[C@@H]2O[C@H](CO)[C@H](O[C@@H]3O[C@H](CO)[C@@H](O[C@@H]4O[C@H](CO)[C@@H](O)[C@H](O)[C@H]4O)[C@H](O)[C@H]3O)[C@H](O)[C@H]2O)ccc1O. The quantitative estimate of drug-likeness (QED) is 0.0954. The average Bonchev–Trinajstić information content (AvgIpc) is 3.20. The Kier molecular flexibility index (Phi) is 13.6. The van der Waals surface area contributed by atoms with Gasteiger partial charge in [0.05, 0.1) is 39.6 Å². The average molecular weight is 821 g/mol. The Morgan fingerprint density at radius 1 is 0.544 bits per heavy atom. The molecule has 3 saturated heterocycles. The summed E-state index contributed by atoms with van der Waals surface area (Å²) in [6.07, 6.45) is -31.2. The summed E-state index contributed by atoms with van der Waals surface area (Å²) in [7, 11) is 2.59. The van der Waals surface area contributed by atoms with Gasteiger partial charge in [0.25, 0.3) is 0 Å². The molecular weight excluding hydrogens is 772 g/mol. The molecule has 0 bridgehead atoms. The maximum atomic E-state index is 11.7. The normalized spacial score (nSPS) is 40.9. The van der Waals surface area contributed by atoms with Crippen molar-refractivity contribution < 1.29 is 109 Å². The minimum Gasteiger partial charge on any atom is -0.508 e. The van der Waals surface area contributed by atoms with Gasteiger partial charge < -0.3 is 109 Å². The highest BCUT2D eigenvalue weighted by molar-refractivity contribution is 5.54. The lowest BCUT2D eigenvalue weighted by atomic mass is 9.90. The van der Waals surface area contributed by atoms with E-state index >= 15 is 0 Å². The summed E-state index contributed by atoms with van der Waals surface area (Å²) in [5.74, 6) is -0.441. The fraction of sp³-hybridized carbons (Fsp3) is 0.657. The number of hydrogen-bond acceptors (Lipinski definition) is 22. The van der Waals surface area contributed by atoms with Crippen LogP contribution in [0.3, 0.4) is 0 Å². The van der Waals surface area contributed by atoms with Gasteiger partial charge in [-0.15, -0.1) is 0 Å². The summed E-state index contributed by atoms with van der Waals surface area (Å²) in [6.45, 7) is -2.58. The molecule has 320 valence electrons. The first-order valence-electron chi connectivity index (χ1n) is 17.8. The molecule has 0 amide bonds. The Morgan fingerprint density at radius 3 is 1.54 bits per heavy atom. The van der Waals surface area contributed by atoms with Crippen molar-refractivity contribution in [2.24, 2.45) is 0 Å². The van der Waals surface area contributed by atoms with Crippen molar-refractivity contribution in [2.45, 2.75) is 110 Å². The summed E-state index contributed by atoms with van der Waals surface area (Å²) in [6, 6.07) is 6.57. The van der Waals surface area contributed by atoms with E-state index in [0.29, 0.717) is 0 Å². The van der Waals surface area contributed by atoms with Crippen LogP contribution in [-0.2, 0) is 28.4 Å². The second kappa shape index (κ2) is 17.9. The number of methoxy groups -OCH3 is 2. The van der Waals surface area contributed by atoms with Gasteiger partial charge >= 0.3 is 0 Å². The Balaban J connectivity index is 1.20. The van der Waals surface area contributed by atoms with Gasteiger partial charge in [0.15, 0.2) is 36.5 Å². The molecule has 22 heteroatoms. The zero-order valence-electron chi connectivity index (χ0n) is 30.4. The van der Waals surface area contributed by atoms with Crippen LogP contribution in [0.1, 0.15) is 23.3 Å². The Hall–Kier alpha value is -3.24. The third kappa shape index (κ3) is 8.33. The van der Waals surface area contributed by atoms with Gasteiger partial charge in [0, 0.05) is 12.1 Å². The first kappa shape index (κ1) is 43.3. The Bertz CT molecular complexity index is 1640. The lowest BCUT2D eigenvalue weighted by molar-refractivity contribution is -0.382. The van der Waals surface area contributed by atoms with Gasteiger partial charge in [-0.05, 0) is 17.7 Å². The lowest BCUT2D eigenvalue weighted by Gasteiger charge is -2.48. The number of fused-ring (bicyclic) bond motifs is 1. The van der Waals surface area contributed by atoms with Crippen molar-refractivity contribution in [1.82, 2.24) is 0 Å². The van der Waals surface area contributed by atoms with Crippen molar-refractivity contribution in [1.29, 1.82) is 0 Å². The molecule has 3 fully saturated rings. The molecule has 57 heavy (non-hydrogen) atoms. The largest absolute Gasteiger partial charge is 0.508 e. The summed E-state index contributed by atoms with van der Waals surface area (Å²) in [5.41, 5.74) is 0.323. The van der Waals surface area contributed by atoms with Crippen LogP contribution in [0.15, 0.2) is 30.3 Å². The van der Waals surface area contributed by atoms with Gasteiger partial charge in [0.1, 0.15) is 103 Å². The standard InChI is InChI=1S/C35H48O22/c1-49-14-5-11(3-4-13(14)40)29-32(22(42)20-15(50-2)6-12(39)7-16(20)51-29)57-35-28(48)25(45)31(19(10-38)54-35)56-34-27(47)24(44)30(18(9-37)53-34)55-33-26(46)23(43)21(41)17(8-36)52-33/h3-7,17-19,21-48H,8-10H2,1-2H3/t17-,18-,19-,21-,22?,23+,24-,25-,26-,27-,28-,29?,30-,31+,32?,33+,34+,35+/m1/s1. The van der Waals surface area contributed by atoms with E-state index in [9.17, 15) is 66.4 Å². The molecular formula is C35H48O22. The van der Waals surface area contributed by atoms with E-state index in [1.54, 1.807) is 0 Å². The molecule has 2 aromatic rings. The van der Waals surface area contributed by atoms with Crippen LogP contribution in [0.2, 0.25) is 0 Å². The van der Waals surface area contributed by atoms with Crippen molar-refractivity contribution in [2.75, 3.05) is 34.0 Å².